The first kappa shape index (κ1) is 14.7. The van der Waals surface area contributed by atoms with Gasteiger partial charge in [-0.1, -0.05) is 45.1 Å². The molecule has 1 nitrogen and oxygen atoms in total. The lowest BCUT2D eigenvalue weighted by Crippen LogP contribution is -2.23. The van der Waals surface area contributed by atoms with E-state index in [0.717, 1.165) is 0 Å². The highest BCUT2D eigenvalue weighted by Crippen LogP contribution is 2.09. The molecule has 0 unspecified atom stereocenters. The van der Waals surface area contributed by atoms with Crippen molar-refractivity contribution < 1.29 is 0 Å². The van der Waals surface area contributed by atoms with Crippen molar-refractivity contribution in [2.75, 3.05) is 6.54 Å². The quantitative estimate of drug-likeness (QED) is 0.420. The predicted molar refractivity (Wildman–Crippen MR) is 70.3 cm³/mol. The molecule has 0 spiro atoms. The molecule has 0 aromatic heterocycles. The fourth-order valence-corrected chi connectivity index (χ4v) is 1.65. The summed E-state index contributed by atoms with van der Waals surface area (Å²) in [6.07, 6.45) is 9.44. The van der Waals surface area contributed by atoms with Crippen molar-refractivity contribution >= 4 is 0 Å². The standard InChI is InChI=1S/C14H29N/c1-13(2)11-9-7-5-6-8-10-12-15-14(3)4/h14-15H,1,5-12H2,2-4H3. The number of hydrogen-bond donors (Lipinski definition) is 1. The Bertz CT molecular complexity index is 149. The molecule has 0 atom stereocenters. The van der Waals surface area contributed by atoms with Crippen LogP contribution < -0.4 is 5.32 Å². The van der Waals surface area contributed by atoms with Gasteiger partial charge in [0.15, 0.2) is 0 Å². The van der Waals surface area contributed by atoms with Crippen molar-refractivity contribution in [3.05, 3.63) is 12.2 Å². The molecule has 0 aliphatic carbocycles. The predicted octanol–water partition coefficient (Wildman–Crippen LogP) is 4.29. The van der Waals surface area contributed by atoms with E-state index >= 15 is 0 Å². The summed E-state index contributed by atoms with van der Waals surface area (Å²) < 4.78 is 0. The van der Waals surface area contributed by atoms with Gasteiger partial charge in [-0.2, -0.15) is 0 Å². The largest absolute Gasteiger partial charge is 0.315 e. The first-order chi connectivity index (χ1) is 7.13. The Kier molecular flexibility index (Phi) is 10.0. The van der Waals surface area contributed by atoms with E-state index in [1.54, 1.807) is 0 Å². The molecule has 1 heteroatoms. The minimum atomic E-state index is 0.639. The van der Waals surface area contributed by atoms with Gasteiger partial charge in [-0.3, -0.25) is 0 Å². The Hall–Kier alpha value is -0.300. The second-order valence-corrected chi connectivity index (χ2v) is 4.94. The highest BCUT2D eigenvalue weighted by atomic mass is 14.9. The van der Waals surface area contributed by atoms with E-state index < -0.39 is 0 Å². The van der Waals surface area contributed by atoms with E-state index in [-0.39, 0.29) is 0 Å². The zero-order valence-corrected chi connectivity index (χ0v) is 10.9. The molecule has 0 saturated heterocycles. The van der Waals surface area contributed by atoms with Crippen LogP contribution in [0.3, 0.4) is 0 Å². The van der Waals surface area contributed by atoms with Gasteiger partial charge in [0.2, 0.25) is 0 Å². The second-order valence-electron chi connectivity index (χ2n) is 4.94. The van der Waals surface area contributed by atoms with Gasteiger partial charge in [0.25, 0.3) is 0 Å². The van der Waals surface area contributed by atoms with E-state index in [1.807, 2.05) is 0 Å². The van der Waals surface area contributed by atoms with Crippen LogP contribution in [0.1, 0.15) is 65.7 Å². The molecule has 0 heterocycles. The van der Waals surface area contributed by atoms with Crippen molar-refractivity contribution in [1.29, 1.82) is 0 Å². The number of hydrogen-bond acceptors (Lipinski definition) is 1. The Balaban J connectivity index is 2.96. The topological polar surface area (TPSA) is 12.0 Å². The van der Waals surface area contributed by atoms with Crippen LogP contribution in [0.5, 0.6) is 0 Å². The van der Waals surface area contributed by atoms with Crippen molar-refractivity contribution in [1.82, 2.24) is 5.32 Å². The lowest BCUT2D eigenvalue weighted by Gasteiger charge is -2.07. The van der Waals surface area contributed by atoms with Crippen LogP contribution in [0.15, 0.2) is 12.2 Å². The first-order valence-corrected chi connectivity index (χ1v) is 6.50. The molecule has 0 bridgehead atoms. The average Bonchev–Trinajstić information content (AvgIpc) is 2.14. The summed E-state index contributed by atoms with van der Waals surface area (Å²) in [4.78, 5) is 0. The third-order valence-corrected chi connectivity index (χ3v) is 2.58. The Morgan fingerprint density at radius 3 is 2.07 bits per heavy atom. The summed E-state index contributed by atoms with van der Waals surface area (Å²) in [6, 6.07) is 0.639. The normalized spacial score (nSPS) is 10.9. The van der Waals surface area contributed by atoms with Gasteiger partial charge < -0.3 is 5.32 Å². The summed E-state index contributed by atoms with van der Waals surface area (Å²) in [6.45, 7) is 11.6. The molecular formula is C14H29N. The second kappa shape index (κ2) is 10.2. The molecule has 0 radical (unpaired) electrons. The maximum atomic E-state index is 3.92. The van der Waals surface area contributed by atoms with Gasteiger partial charge in [0.1, 0.15) is 0 Å². The summed E-state index contributed by atoms with van der Waals surface area (Å²) in [5, 5.41) is 3.45. The van der Waals surface area contributed by atoms with E-state index in [0.29, 0.717) is 6.04 Å². The van der Waals surface area contributed by atoms with Crippen LogP contribution in [0.4, 0.5) is 0 Å². The van der Waals surface area contributed by atoms with Crippen molar-refractivity contribution in [3.63, 3.8) is 0 Å². The monoisotopic (exact) mass is 211 g/mol. The summed E-state index contributed by atoms with van der Waals surface area (Å²) >= 11 is 0. The van der Waals surface area contributed by atoms with Crippen molar-refractivity contribution in [2.45, 2.75) is 71.8 Å². The maximum Gasteiger partial charge on any atom is 0.00103 e. The molecule has 15 heavy (non-hydrogen) atoms. The molecule has 0 aliphatic rings. The molecule has 1 N–H and O–H groups in total. The molecule has 0 rings (SSSR count). The van der Waals surface area contributed by atoms with Crippen molar-refractivity contribution in [2.24, 2.45) is 0 Å². The molecule has 0 saturated carbocycles. The summed E-state index contributed by atoms with van der Waals surface area (Å²) in [5.74, 6) is 0. The molecule has 0 aromatic rings. The van der Waals surface area contributed by atoms with Crippen LogP contribution in [-0.4, -0.2) is 12.6 Å². The highest BCUT2D eigenvalue weighted by Gasteiger charge is 1.93. The van der Waals surface area contributed by atoms with Gasteiger partial charge in [0.05, 0.1) is 0 Å². The van der Waals surface area contributed by atoms with E-state index in [9.17, 15) is 0 Å². The Morgan fingerprint density at radius 1 is 1.00 bits per heavy atom. The molecular weight excluding hydrogens is 182 g/mol. The SMILES string of the molecule is C=C(C)CCCCCCCCNC(C)C. The van der Waals surface area contributed by atoms with Crippen LogP contribution in [0.2, 0.25) is 0 Å². The van der Waals surface area contributed by atoms with E-state index in [2.05, 4.69) is 32.7 Å². The van der Waals surface area contributed by atoms with Crippen LogP contribution in [0, 0.1) is 0 Å². The van der Waals surface area contributed by atoms with Gasteiger partial charge in [-0.25, -0.2) is 0 Å². The lowest BCUT2D eigenvalue weighted by atomic mass is 10.1. The van der Waals surface area contributed by atoms with Gasteiger partial charge in [0, 0.05) is 6.04 Å². The minimum absolute atomic E-state index is 0.639. The molecule has 0 amide bonds. The van der Waals surface area contributed by atoms with Gasteiger partial charge >= 0.3 is 0 Å². The van der Waals surface area contributed by atoms with E-state index in [1.165, 1.54) is 57.1 Å². The highest BCUT2D eigenvalue weighted by molar-refractivity contribution is 4.86. The zero-order valence-electron chi connectivity index (χ0n) is 10.9. The third kappa shape index (κ3) is 13.7. The van der Waals surface area contributed by atoms with Crippen molar-refractivity contribution in [3.8, 4) is 0 Å². The Morgan fingerprint density at radius 2 is 1.53 bits per heavy atom. The molecule has 0 aromatic carbocycles. The minimum Gasteiger partial charge on any atom is -0.315 e. The smallest absolute Gasteiger partial charge is 0.00103 e. The zero-order chi connectivity index (χ0) is 11.5. The van der Waals surface area contributed by atoms with Gasteiger partial charge in [-0.05, 0) is 32.7 Å². The first-order valence-electron chi connectivity index (χ1n) is 6.50. The molecule has 0 fully saturated rings. The van der Waals surface area contributed by atoms with E-state index in [4.69, 9.17) is 0 Å². The molecule has 90 valence electrons. The maximum absolute atomic E-state index is 3.92. The number of nitrogens with one attached hydrogen (secondary N) is 1. The van der Waals surface area contributed by atoms with Crippen LogP contribution in [-0.2, 0) is 0 Å². The lowest BCUT2D eigenvalue weighted by molar-refractivity contribution is 0.532. The summed E-state index contributed by atoms with van der Waals surface area (Å²) in [7, 11) is 0. The fourth-order valence-electron chi connectivity index (χ4n) is 1.65. The Labute approximate surface area is 96.3 Å². The number of unbranched alkanes of at least 4 members (excludes halogenated alkanes) is 5. The van der Waals surface area contributed by atoms with Crippen LogP contribution >= 0.6 is 0 Å². The fraction of sp³-hybridized carbons (Fsp3) is 0.857. The summed E-state index contributed by atoms with van der Waals surface area (Å²) in [5.41, 5.74) is 1.33. The molecule has 0 aliphatic heterocycles. The average molecular weight is 211 g/mol. The number of allylic oxidation sites excluding steroid dienone is 1. The number of rotatable bonds is 10. The third-order valence-electron chi connectivity index (χ3n) is 2.58. The van der Waals surface area contributed by atoms with Gasteiger partial charge in [-0.15, -0.1) is 6.58 Å². The van der Waals surface area contributed by atoms with Crippen LogP contribution in [0.25, 0.3) is 0 Å².